The first-order chi connectivity index (χ1) is 25.4. The van der Waals surface area contributed by atoms with E-state index >= 15 is 0 Å². The van der Waals surface area contributed by atoms with E-state index in [1.54, 1.807) is 13.8 Å². The van der Waals surface area contributed by atoms with Crippen molar-refractivity contribution >= 4 is 82.4 Å². The van der Waals surface area contributed by atoms with Gasteiger partial charge >= 0.3 is 6.03 Å². The fraction of sp³-hybridized carbons (Fsp3) is 0.0541. The number of nitrogens with one attached hydrogen (secondary N) is 4. The quantitative estimate of drug-likeness (QED) is 0.0600. The van der Waals surface area contributed by atoms with Gasteiger partial charge < -0.3 is 31.5 Å². The number of urea groups is 1. The van der Waals surface area contributed by atoms with Gasteiger partial charge in [-0.1, -0.05) is 36.4 Å². The molecule has 4 amide bonds. The van der Waals surface area contributed by atoms with Crippen LogP contribution >= 0.6 is 0 Å². The SMILES string of the molecule is Cc1cc(C(=O)Nc2ccc3c(S(=O)(=O)O)cccc3c2O)ccc1NC(=O)Nc1ccc(C(=O)Nc2ccc3c(S(=O)(=O)O)cccc3c2O)cc1C. The molecule has 0 heterocycles. The third-order valence-electron chi connectivity index (χ3n) is 8.51. The van der Waals surface area contributed by atoms with Gasteiger partial charge in [0.2, 0.25) is 0 Å². The van der Waals surface area contributed by atoms with Crippen LogP contribution in [0, 0.1) is 13.8 Å². The lowest BCUT2D eigenvalue weighted by molar-refractivity contribution is 0.101. The number of hydrogen-bond acceptors (Lipinski definition) is 9. The van der Waals surface area contributed by atoms with E-state index in [9.17, 15) is 50.5 Å². The highest BCUT2D eigenvalue weighted by molar-refractivity contribution is 7.86. The average Bonchev–Trinajstić information content (AvgIpc) is 3.11. The Balaban J connectivity index is 1.10. The van der Waals surface area contributed by atoms with Crippen molar-refractivity contribution in [2.45, 2.75) is 23.6 Å². The number of aryl methyl sites for hydroxylation is 2. The normalized spacial score (nSPS) is 11.6. The molecule has 0 saturated heterocycles. The standard InChI is InChI=1S/C37H30N4O11S2/c1-19-17-21(35(44)38-29-15-11-23-25(33(29)42)5-3-7-31(23)53(47,48)49)9-13-27(19)40-37(46)41-28-14-10-22(18-20(28)2)36(45)39-30-16-12-24-26(34(30)43)6-4-8-32(24)54(50,51)52/h3-18,42-43H,1-2H3,(H,38,44)(H,39,45)(H2,40,41,46)(H,47,48,49)(H,50,51,52). The topological polar surface area (TPSA) is 249 Å². The van der Waals surface area contributed by atoms with E-state index in [-0.39, 0.29) is 44.0 Å². The number of carbonyl (C=O) groups is 3. The minimum atomic E-state index is -4.56. The third kappa shape index (κ3) is 7.50. The molecule has 17 heteroatoms. The Morgan fingerprint density at radius 3 is 1.20 bits per heavy atom. The smallest absolute Gasteiger partial charge is 0.323 e. The third-order valence-corrected chi connectivity index (χ3v) is 10.3. The van der Waals surface area contributed by atoms with Crippen LogP contribution in [0.5, 0.6) is 11.5 Å². The summed E-state index contributed by atoms with van der Waals surface area (Å²) in [6, 6.07) is 21.6. The molecule has 0 aliphatic carbocycles. The first-order valence-corrected chi connectivity index (χ1v) is 18.7. The lowest BCUT2D eigenvalue weighted by atomic mass is 10.1. The molecule has 0 atom stereocenters. The van der Waals surface area contributed by atoms with Crippen LogP contribution in [0.25, 0.3) is 21.5 Å². The van der Waals surface area contributed by atoms with E-state index in [1.807, 2.05) is 0 Å². The molecule has 0 unspecified atom stereocenters. The molecule has 8 N–H and O–H groups in total. The average molecular weight is 771 g/mol. The second-order valence-electron chi connectivity index (χ2n) is 12.1. The molecule has 0 fully saturated rings. The lowest BCUT2D eigenvalue weighted by Gasteiger charge is -2.14. The van der Waals surface area contributed by atoms with E-state index in [4.69, 9.17) is 0 Å². The zero-order valence-electron chi connectivity index (χ0n) is 28.2. The Kier molecular flexibility index (Phi) is 9.74. The van der Waals surface area contributed by atoms with Gasteiger partial charge in [0.1, 0.15) is 21.3 Å². The molecule has 6 aromatic carbocycles. The van der Waals surface area contributed by atoms with Gasteiger partial charge in [-0.3, -0.25) is 18.7 Å². The molecule has 0 aliphatic rings. The number of anilines is 4. The summed E-state index contributed by atoms with van der Waals surface area (Å²) in [5, 5.41) is 32.4. The number of hydrogen-bond donors (Lipinski definition) is 8. The highest BCUT2D eigenvalue weighted by Gasteiger charge is 2.20. The van der Waals surface area contributed by atoms with E-state index in [1.165, 1.54) is 97.1 Å². The maximum atomic E-state index is 13.1. The minimum absolute atomic E-state index is 0.00166. The van der Waals surface area contributed by atoms with E-state index in [2.05, 4.69) is 21.3 Å². The first-order valence-electron chi connectivity index (χ1n) is 15.8. The van der Waals surface area contributed by atoms with Crippen molar-refractivity contribution in [1.82, 2.24) is 0 Å². The minimum Gasteiger partial charge on any atom is -0.505 e. The second-order valence-corrected chi connectivity index (χ2v) is 14.9. The fourth-order valence-electron chi connectivity index (χ4n) is 5.83. The molecular weight excluding hydrogens is 741 g/mol. The molecule has 0 radical (unpaired) electrons. The van der Waals surface area contributed by atoms with Gasteiger partial charge in [0.25, 0.3) is 32.1 Å². The summed E-state index contributed by atoms with van der Waals surface area (Å²) < 4.78 is 65.9. The van der Waals surface area contributed by atoms with E-state index in [0.717, 1.165) is 0 Å². The summed E-state index contributed by atoms with van der Waals surface area (Å²) in [7, 11) is -9.12. The van der Waals surface area contributed by atoms with Crippen LogP contribution in [0.1, 0.15) is 31.8 Å². The summed E-state index contributed by atoms with van der Waals surface area (Å²) in [6.07, 6.45) is 0. The Morgan fingerprint density at radius 2 is 0.852 bits per heavy atom. The molecule has 0 bridgehead atoms. The van der Waals surface area contributed by atoms with Gasteiger partial charge in [-0.2, -0.15) is 16.8 Å². The van der Waals surface area contributed by atoms with Crippen LogP contribution in [0.3, 0.4) is 0 Å². The molecule has 6 rings (SSSR count). The number of amides is 4. The number of aromatic hydroxyl groups is 2. The number of carbonyl (C=O) groups excluding carboxylic acids is 3. The summed E-state index contributed by atoms with van der Waals surface area (Å²) in [4.78, 5) is 38.3. The van der Waals surface area contributed by atoms with Crippen molar-refractivity contribution in [3.05, 3.63) is 119 Å². The second kappa shape index (κ2) is 14.1. The van der Waals surface area contributed by atoms with Gasteiger partial charge in [0, 0.05) is 44.0 Å². The molecule has 0 aromatic heterocycles. The largest absolute Gasteiger partial charge is 0.505 e. The van der Waals surface area contributed by atoms with Gasteiger partial charge in [-0.25, -0.2) is 4.79 Å². The van der Waals surface area contributed by atoms with Gasteiger partial charge in [0.15, 0.2) is 0 Å². The van der Waals surface area contributed by atoms with Crippen molar-refractivity contribution in [2.75, 3.05) is 21.3 Å². The number of fused-ring (bicyclic) bond motifs is 2. The van der Waals surface area contributed by atoms with Crippen LogP contribution in [-0.2, 0) is 20.2 Å². The van der Waals surface area contributed by atoms with Crippen molar-refractivity contribution in [3.8, 4) is 11.5 Å². The zero-order chi connectivity index (χ0) is 39.1. The van der Waals surface area contributed by atoms with Gasteiger partial charge in [-0.05, 0) is 85.6 Å². The van der Waals surface area contributed by atoms with Crippen LogP contribution in [0.4, 0.5) is 27.5 Å². The Morgan fingerprint density at radius 1 is 0.481 bits per heavy atom. The highest BCUT2D eigenvalue weighted by atomic mass is 32.2. The van der Waals surface area contributed by atoms with Crippen molar-refractivity contribution in [2.24, 2.45) is 0 Å². The number of benzene rings is 6. The predicted octanol–water partition coefficient (Wildman–Crippen LogP) is 6.66. The Bertz CT molecular complexity index is 2600. The molecule has 6 aromatic rings. The molecule has 15 nitrogen and oxygen atoms in total. The Hall–Kier alpha value is -6.53. The number of phenolic OH excluding ortho intramolecular Hbond substituents is 2. The summed E-state index contributed by atoms with van der Waals surface area (Å²) in [5.74, 6) is -2.00. The Labute approximate surface area is 307 Å². The van der Waals surface area contributed by atoms with Crippen LogP contribution in [0.2, 0.25) is 0 Å². The molecule has 0 saturated carbocycles. The van der Waals surface area contributed by atoms with E-state index < -0.39 is 59.4 Å². The van der Waals surface area contributed by atoms with Crippen LogP contribution < -0.4 is 21.3 Å². The van der Waals surface area contributed by atoms with Crippen molar-refractivity contribution in [3.63, 3.8) is 0 Å². The maximum absolute atomic E-state index is 13.1. The molecule has 54 heavy (non-hydrogen) atoms. The molecule has 0 aliphatic heterocycles. The first kappa shape index (κ1) is 37.2. The monoisotopic (exact) mass is 770 g/mol. The predicted molar refractivity (Wildman–Crippen MR) is 202 cm³/mol. The summed E-state index contributed by atoms with van der Waals surface area (Å²) in [6.45, 7) is 3.33. The van der Waals surface area contributed by atoms with E-state index in [0.29, 0.717) is 22.5 Å². The molecular formula is C37H30N4O11S2. The highest BCUT2D eigenvalue weighted by Crippen LogP contribution is 2.37. The summed E-state index contributed by atoms with van der Waals surface area (Å²) >= 11 is 0. The van der Waals surface area contributed by atoms with Crippen LogP contribution in [0.15, 0.2) is 107 Å². The summed E-state index contributed by atoms with van der Waals surface area (Å²) in [5.41, 5.74) is 2.18. The maximum Gasteiger partial charge on any atom is 0.323 e. The van der Waals surface area contributed by atoms with Crippen LogP contribution in [-0.4, -0.2) is 54.0 Å². The number of phenols is 2. The lowest BCUT2D eigenvalue weighted by Crippen LogP contribution is -2.21. The molecule has 276 valence electrons. The van der Waals surface area contributed by atoms with Crippen molar-refractivity contribution < 1.29 is 50.5 Å². The van der Waals surface area contributed by atoms with Gasteiger partial charge in [0.05, 0.1) is 11.4 Å². The zero-order valence-corrected chi connectivity index (χ0v) is 29.8. The van der Waals surface area contributed by atoms with Crippen molar-refractivity contribution in [1.29, 1.82) is 0 Å². The molecule has 0 spiro atoms. The number of rotatable bonds is 8. The fourth-order valence-corrected chi connectivity index (χ4v) is 7.25. The van der Waals surface area contributed by atoms with Gasteiger partial charge in [-0.15, -0.1) is 0 Å².